The molecule has 2 rings (SSSR count). The smallest absolute Gasteiger partial charge is 0.0638 e. The Morgan fingerprint density at radius 1 is 1.30 bits per heavy atom. The molecule has 0 atom stereocenters. The van der Waals surface area contributed by atoms with E-state index in [9.17, 15) is 0 Å². The normalized spacial score (nSPS) is 16.4. The molecule has 2 nitrogen and oxygen atoms in total. The van der Waals surface area contributed by atoms with Crippen LogP contribution < -0.4 is 5.73 Å². The van der Waals surface area contributed by atoms with Gasteiger partial charge in [-0.25, -0.2) is 0 Å². The summed E-state index contributed by atoms with van der Waals surface area (Å²) in [7, 11) is 0. The van der Waals surface area contributed by atoms with Gasteiger partial charge >= 0.3 is 0 Å². The van der Waals surface area contributed by atoms with Crippen LogP contribution in [0.2, 0.25) is 5.02 Å². The van der Waals surface area contributed by atoms with Crippen molar-refractivity contribution in [2.45, 2.75) is 58.5 Å². The molecular formula is C17H27ClN2. The number of benzene rings is 1. The number of hydrogen-bond donors (Lipinski definition) is 1. The van der Waals surface area contributed by atoms with Gasteiger partial charge in [0.2, 0.25) is 0 Å². The van der Waals surface area contributed by atoms with E-state index in [0.29, 0.717) is 10.7 Å². The second-order valence-corrected chi connectivity index (χ2v) is 6.85. The van der Waals surface area contributed by atoms with Crippen molar-refractivity contribution in [3.8, 4) is 0 Å². The maximum atomic E-state index is 6.14. The van der Waals surface area contributed by atoms with Crippen LogP contribution in [0.4, 0.5) is 5.69 Å². The molecule has 0 unspecified atom stereocenters. The summed E-state index contributed by atoms with van der Waals surface area (Å²) in [5.74, 6) is 0.758. The average Bonchev–Trinajstić information content (AvgIpc) is 2.92. The summed E-state index contributed by atoms with van der Waals surface area (Å²) in [5.41, 5.74) is 7.74. The molecule has 2 N–H and O–H groups in total. The standard InChI is InChI=1S/C17H27ClN2/c1-13(2)9-10-20(15-5-3-4-6-15)12-14-7-8-17(19)16(18)11-14/h7-8,11,13,15H,3-6,9-10,12,19H2,1-2H3. The molecule has 20 heavy (non-hydrogen) atoms. The number of anilines is 1. The SMILES string of the molecule is CC(C)CCN(Cc1ccc(N)c(Cl)c1)C1CCCC1. The molecule has 1 saturated carbocycles. The number of rotatable bonds is 6. The molecule has 0 amide bonds. The molecular weight excluding hydrogens is 268 g/mol. The van der Waals surface area contributed by atoms with Crippen LogP contribution in [0.5, 0.6) is 0 Å². The summed E-state index contributed by atoms with van der Waals surface area (Å²) in [6.07, 6.45) is 6.72. The van der Waals surface area contributed by atoms with E-state index in [-0.39, 0.29) is 0 Å². The molecule has 0 radical (unpaired) electrons. The van der Waals surface area contributed by atoms with Crippen molar-refractivity contribution in [1.82, 2.24) is 4.90 Å². The van der Waals surface area contributed by atoms with Gasteiger partial charge in [0.25, 0.3) is 0 Å². The van der Waals surface area contributed by atoms with Crippen LogP contribution in [0.25, 0.3) is 0 Å². The van der Waals surface area contributed by atoms with E-state index < -0.39 is 0 Å². The minimum Gasteiger partial charge on any atom is -0.398 e. The van der Waals surface area contributed by atoms with Crippen LogP contribution in [0.1, 0.15) is 51.5 Å². The monoisotopic (exact) mass is 294 g/mol. The zero-order chi connectivity index (χ0) is 14.5. The average molecular weight is 295 g/mol. The first kappa shape index (κ1) is 15.7. The third-order valence-corrected chi connectivity index (χ3v) is 4.61. The highest BCUT2D eigenvalue weighted by molar-refractivity contribution is 6.33. The lowest BCUT2D eigenvalue weighted by atomic mass is 10.1. The highest BCUT2D eigenvalue weighted by atomic mass is 35.5. The molecule has 1 aromatic rings. The quantitative estimate of drug-likeness (QED) is 0.770. The van der Waals surface area contributed by atoms with E-state index in [0.717, 1.165) is 18.5 Å². The second-order valence-electron chi connectivity index (χ2n) is 6.45. The lowest BCUT2D eigenvalue weighted by molar-refractivity contribution is 0.179. The Morgan fingerprint density at radius 2 is 2.00 bits per heavy atom. The first-order chi connectivity index (χ1) is 9.56. The Bertz CT molecular complexity index is 425. The van der Waals surface area contributed by atoms with E-state index in [4.69, 9.17) is 17.3 Å². The van der Waals surface area contributed by atoms with Crippen LogP contribution in [0.3, 0.4) is 0 Å². The largest absolute Gasteiger partial charge is 0.398 e. The van der Waals surface area contributed by atoms with Crippen LogP contribution in [0, 0.1) is 5.92 Å². The number of halogens is 1. The van der Waals surface area contributed by atoms with Crippen molar-refractivity contribution in [3.63, 3.8) is 0 Å². The number of nitrogens with zero attached hydrogens (tertiary/aromatic N) is 1. The molecule has 0 heterocycles. The van der Waals surface area contributed by atoms with Gasteiger partial charge in [-0.05, 0) is 49.4 Å². The summed E-state index contributed by atoms with van der Waals surface area (Å²) in [6, 6.07) is 6.81. The predicted octanol–water partition coefficient (Wildman–Crippen LogP) is 4.71. The van der Waals surface area contributed by atoms with Crippen molar-refractivity contribution in [2.75, 3.05) is 12.3 Å². The lowest BCUT2D eigenvalue weighted by Crippen LogP contribution is -2.34. The van der Waals surface area contributed by atoms with Crippen molar-refractivity contribution in [2.24, 2.45) is 5.92 Å². The van der Waals surface area contributed by atoms with Gasteiger partial charge in [-0.1, -0.05) is 44.4 Å². The van der Waals surface area contributed by atoms with Crippen LogP contribution in [0.15, 0.2) is 18.2 Å². The minimum absolute atomic E-state index is 0.671. The van der Waals surface area contributed by atoms with E-state index in [1.807, 2.05) is 12.1 Å². The topological polar surface area (TPSA) is 29.3 Å². The fourth-order valence-corrected chi connectivity index (χ4v) is 3.19. The first-order valence-corrected chi connectivity index (χ1v) is 8.22. The highest BCUT2D eigenvalue weighted by Gasteiger charge is 2.22. The Labute approximate surface area is 128 Å². The highest BCUT2D eigenvalue weighted by Crippen LogP contribution is 2.27. The van der Waals surface area contributed by atoms with Crippen molar-refractivity contribution in [1.29, 1.82) is 0 Å². The molecule has 1 aromatic carbocycles. The van der Waals surface area contributed by atoms with E-state index in [1.165, 1.54) is 44.2 Å². The molecule has 1 aliphatic rings. The van der Waals surface area contributed by atoms with Crippen molar-refractivity contribution in [3.05, 3.63) is 28.8 Å². The summed E-state index contributed by atoms with van der Waals surface area (Å²) in [5, 5.41) is 0.678. The maximum absolute atomic E-state index is 6.14. The van der Waals surface area contributed by atoms with Crippen LogP contribution in [-0.2, 0) is 6.54 Å². The van der Waals surface area contributed by atoms with Crippen LogP contribution >= 0.6 is 11.6 Å². The second kappa shape index (κ2) is 7.33. The molecule has 0 saturated heterocycles. The summed E-state index contributed by atoms with van der Waals surface area (Å²) < 4.78 is 0. The van der Waals surface area contributed by atoms with Crippen LogP contribution in [-0.4, -0.2) is 17.5 Å². The third-order valence-electron chi connectivity index (χ3n) is 4.29. The fourth-order valence-electron chi connectivity index (χ4n) is 2.99. The maximum Gasteiger partial charge on any atom is 0.0638 e. The first-order valence-electron chi connectivity index (χ1n) is 7.84. The summed E-state index contributed by atoms with van der Waals surface area (Å²) in [6.45, 7) is 6.78. The van der Waals surface area contributed by atoms with E-state index in [2.05, 4.69) is 24.8 Å². The number of nitrogens with two attached hydrogens (primary N) is 1. The Hall–Kier alpha value is -0.730. The van der Waals surface area contributed by atoms with Gasteiger partial charge in [-0.2, -0.15) is 0 Å². The van der Waals surface area contributed by atoms with Crippen molar-refractivity contribution < 1.29 is 0 Å². The van der Waals surface area contributed by atoms with Gasteiger partial charge in [-0.15, -0.1) is 0 Å². The number of hydrogen-bond acceptors (Lipinski definition) is 2. The summed E-state index contributed by atoms with van der Waals surface area (Å²) >= 11 is 6.14. The van der Waals surface area contributed by atoms with E-state index >= 15 is 0 Å². The zero-order valence-corrected chi connectivity index (χ0v) is 13.5. The van der Waals surface area contributed by atoms with Gasteiger partial charge in [0.1, 0.15) is 0 Å². The molecule has 112 valence electrons. The molecule has 1 aliphatic carbocycles. The van der Waals surface area contributed by atoms with Crippen molar-refractivity contribution >= 4 is 17.3 Å². The predicted molar refractivity (Wildman–Crippen MR) is 88.0 cm³/mol. The molecule has 0 spiro atoms. The minimum atomic E-state index is 0.671. The third kappa shape index (κ3) is 4.39. The molecule has 3 heteroatoms. The Morgan fingerprint density at radius 3 is 2.60 bits per heavy atom. The molecule has 0 aliphatic heterocycles. The van der Waals surface area contributed by atoms with Gasteiger partial charge < -0.3 is 5.73 Å². The van der Waals surface area contributed by atoms with Gasteiger partial charge in [-0.3, -0.25) is 4.90 Å². The Balaban J connectivity index is 2.03. The zero-order valence-electron chi connectivity index (χ0n) is 12.7. The number of nitrogen functional groups attached to an aromatic ring is 1. The van der Waals surface area contributed by atoms with Gasteiger partial charge in [0.05, 0.1) is 10.7 Å². The van der Waals surface area contributed by atoms with Gasteiger partial charge in [0.15, 0.2) is 0 Å². The summed E-state index contributed by atoms with van der Waals surface area (Å²) in [4.78, 5) is 2.65. The Kier molecular flexibility index (Phi) is 5.74. The van der Waals surface area contributed by atoms with E-state index in [1.54, 1.807) is 0 Å². The molecule has 0 aromatic heterocycles. The molecule has 0 bridgehead atoms. The van der Waals surface area contributed by atoms with Gasteiger partial charge in [0, 0.05) is 12.6 Å². The lowest BCUT2D eigenvalue weighted by Gasteiger charge is -2.29. The molecule has 1 fully saturated rings. The fraction of sp³-hybridized carbons (Fsp3) is 0.647.